The van der Waals surface area contributed by atoms with Crippen LogP contribution in [0, 0.1) is 10.1 Å². The molecule has 2 N–H and O–H groups in total. The number of hydrogen-bond acceptors (Lipinski definition) is 7. The Labute approximate surface area is 180 Å². The molecular weight excluding hydrogens is 428 g/mol. The molecule has 2 aromatic heterocycles. The van der Waals surface area contributed by atoms with Crippen molar-refractivity contribution in [2.75, 3.05) is 18.9 Å². The summed E-state index contributed by atoms with van der Waals surface area (Å²) < 4.78 is 5.92. The molecule has 0 fully saturated rings. The predicted octanol–water partition coefficient (Wildman–Crippen LogP) is 4.41. The van der Waals surface area contributed by atoms with E-state index >= 15 is 0 Å². The highest BCUT2D eigenvalue weighted by Crippen LogP contribution is 2.41. The summed E-state index contributed by atoms with van der Waals surface area (Å²) in [6.07, 6.45) is 0.321. The molecule has 0 spiro atoms. The Morgan fingerprint density at radius 1 is 1.30 bits per heavy atom. The van der Waals surface area contributed by atoms with Crippen LogP contribution in [0.1, 0.15) is 32.7 Å². The van der Waals surface area contributed by atoms with Gasteiger partial charge in [0, 0.05) is 35.7 Å². The van der Waals surface area contributed by atoms with Crippen LogP contribution in [0.3, 0.4) is 0 Å². The van der Waals surface area contributed by atoms with Crippen molar-refractivity contribution in [2.24, 2.45) is 0 Å². The van der Waals surface area contributed by atoms with Gasteiger partial charge in [0.1, 0.15) is 16.5 Å². The van der Waals surface area contributed by atoms with Crippen LogP contribution in [0.5, 0.6) is 0 Å². The lowest BCUT2D eigenvalue weighted by Gasteiger charge is -2.26. The number of nitro benzene ring substituents is 1. The first-order chi connectivity index (χ1) is 14.4. The zero-order valence-electron chi connectivity index (χ0n) is 15.9. The van der Waals surface area contributed by atoms with E-state index in [0.717, 1.165) is 35.6 Å². The summed E-state index contributed by atoms with van der Waals surface area (Å²) >= 11 is 7.82. The van der Waals surface area contributed by atoms with Crippen LogP contribution in [0.15, 0.2) is 34.7 Å². The lowest BCUT2D eigenvalue weighted by atomic mass is 10.0. The van der Waals surface area contributed by atoms with Crippen molar-refractivity contribution < 1.29 is 14.1 Å². The summed E-state index contributed by atoms with van der Waals surface area (Å²) in [6.45, 7) is 1.77. The molecule has 5 rings (SSSR count). The van der Waals surface area contributed by atoms with Crippen molar-refractivity contribution >= 4 is 39.5 Å². The summed E-state index contributed by atoms with van der Waals surface area (Å²) in [4.78, 5) is 26.9. The number of carbonyl (C=O) groups is 1. The number of amides is 1. The number of rotatable bonds is 3. The highest BCUT2D eigenvalue weighted by atomic mass is 35.5. The van der Waals surface area contributed by atoms with Gasteiger partial charge in [0.2, 0.25) is 0 Å². The zero-order valence-corrected chi connectivity index (χ0v) is 17.5. The molecule has 1 aromatic carbocycles. The number of nitrogens with zero attached hydrogens (tertiary/aromatic N) is 2. The van der Waals surface area contributed by atoms with Gasteiger partial charge in [-0.2, -0.15) is 0 Å². The summed E-state index contributed by atoms with van der Waals surface area (Å²) in [5, 5.41) is 18.6. The number of furan rings is 1. The molecule has 10 heteroatoms. The summed E-state index contributed by atoms with van der Waals surface area (Å²) in [6, 6.07) is 7.61. The van der Waals surface area contributed by atoms with Crippen molar-refractivity contribution in [1.29, 1.82) is 0 Å². The number of nitrogens with one attached hydrogen (secondary N) is 2. The third-order valence-corrected chi connectivity index (χ3v) is 6.84. The molecule has 3 aromatic rings. The molecule has 4 heterocycles. The van der Waals surface area contributed by atoms with Crippen LogP contribution in [0.25, 0.3) is 11.3 Å². The molecule has 2 aliphatic rings. The van der Waals surface area contributed by atoms with Gasteiger partial charge in [-0.15, -0.1) is 11.3 Å². The number of halogens is 1. The number of non-ortho nitro benzene ring substituents is 1. The van der Waals surface area contributed by atoms with Gasteiger partial charge in [-0.1, -0.05) is 11.6 Å². The maximum absolute atomic E-state index is 12.8. The van der Waals surface area contributed by atoms with Crippen molar-refractivity contribution in [2.45, 2.75) is 19.1 Å². The van der Waals surface area contributed by atoms with E-state index in [0.29, 0.717) is 22.1 Å². The largest absolute Gasteiger partial charge is 0.457 e. The van der Waals surface area contributed by atoms with E-state index in [1.165, 1.54) is 23.1 Å². The second-order valence-electron chi connectivity index (χ2n) is 7.37. The number of fused-ring (bicyclic) bond motifs is 3. The highest BCUT2D eigenvalue weighted by molar-refractivity contribution is 7.16. The first kappa shape index (κ1) is 19.1. The van der Waals surface area contributed by atoms with Crippen LogP contribution >= 0.6 is 22.9 Å². The van der Waals surface area contributed by atoms with Gasteiger partial charge in [-0.3, -0.25) is 14.9 Å². The summed E-state index contributed by atoms with van der Waals surface area (Å²) in [7, 11) is 2.07. The smallest absolute Gasteiger partial charge is 0.270 e. The van der Waals surface area contributed by atoms with E-state index in [1.54, 1.807) is 23.5 Å². The van der Waals surface area contributed by atoms with E-state index in [4.69, 9.17) is 16.0 Å². The lowest BCUT2D eigenvalue weighted by Crippen LogP contribution is -2.38. The fraction of sp³-hybridized carbons (Fsp3) is 0.250. The van der Waals surface area contributed by atoms with E-state index in [1.807, 2.05) is 0 Å². The topological polar surface area (TPSA) is 101 Å². The van der Waals surface area contributed by atoms with E-state index in [-0.39, 0.29) is 11.6 Å². The third kappa shape index (κ3) is 3.15. The molecule has 0 saturated heterocycles. The second kappa shape index (κ2) is 7.12. The fourth-order valence-corrected chi connectivity index (χ4v) is 5.42. The van der Waals surface area contributed by atoms with Crippen molar-refractivity contribution in [3.05, 3.63) is 67.2 Å². The normalized spacial score (nSPS) is 18.3. The number of likely N-dealkylation sites (N-methyl/N-ethyl adjacent to an activating group) is 1. The molecule has 1 atom stereocenters. The number of thiophene rings is 1. The van der Waals surface area contributed by atoms with E-state index in [2.05, 4.69) is 22.6 Å². The minimum absolute atomic E-state index is 0.0739. The average Bonchev–Trinajstić information content (AvgIpc) is 3.32. The van der Waals surface area contributed by atoms with Crippen LogP contribution in [-0.2, 0) is 13.0 Å². The molecule has 0 unspecified atom stereocenters. The number of nitro groups is 1. The molecule has 0 radical (unpaired) electrons. The average molecular weight is 445 g/mol. The zero-order chi connectivity index (χ0) is 21.0. The number of benzene rings is 1. The first-order valence-electron chi connectivity index (χ1n) is 9.35. The molecule has 0 saturated carbocycles. The van der Waals surface area contributed by atoms with Crippen molar-refractivity contribution in [1.82, 2.24) is 10.2 Å². The minimum atomic E-state index is -0.533. The van der Waals surface area contributed by atoms with Gasteiger partial charge >= 0.3 is 0 Å². The quantitative estimate of drug-likeness (QED) is 0.458. The second-order valence-corrected chi connectivity index (χ2v) is 8.88. The standard InChI is InChI=1S/C20H17ClN4O4S/c1-24-7-6-11-16(9-24)30-20-17(11)19(26)22-18(23-20)15-5-4-14(29-15)12-8-10(25(27)28)2-3-13(12)21/h2-5,8,18,23H,6-7,9H2,1H3,(H,22,26)/t18-/m0/s1. The molecule has 2 aliphatic heterocycles. The molecule has 154 valence electrons. The van der Waals surface area contributed by atoms with Gasteiger partial charge in [0.15, 0.2) is 6.17 Å². The molecule has 8 nitrogen and oxygen atoms in total. The maximum atomic E-state index is 12.8. The summed E-state index contributed by atoms with van der Waals surface area (Å²) in [5.74, 6) is 0.768. The van der Waals surface area contributed by atoms with Crippen molar-refractivity contribution in [3.8, 4) is 11.3 Å². The Morgan fingerprint density at radius 3 is 2.93 bits per heavy atom. The molecule has 0 bridgehead atoms. The van der Waals surface area contributed by atoms with Crippen molar-refractivity contribution in [3.63, 3.8) is 0 Å². The van der Waals surface area contributed by atoms with Crippen LogP contribution in [0.4, 0.5) is 10.7 Å². The third-order valence-electron chi connectivity index (χ3n) is 5.36. The Morgan fingerprint density at radius 2 is 2.13 bits per heavy atom. The number of carbonyl (C=O) groups excluding carboxylic acids is 1. The molecule has 1 amide bonds. The van der Waals surface area contributed by atoms with Gasteiger partial charge in [-0.25, -0.2) is 0 Å². The van der Waals surface area contributed by atoms with E-state index < -0.39 is 11.1 Å². The molecular formula is C20H17ClN4O4S. The van der Waals surface area contributed by atoms with Crippen LogP contribution in [-0.4, -0.2) is 29.3 Å². The van der Waals surface area contributed by atoms with Gasteiger partial charge < -0.3 is 20.0 Å². The van der Waals surface area contributed by atoms with Gasteiger partial charge in [0.25, 0.3) is 11.6 Å². The molecule has 30 heavy (non-hydrogen) atoms. The Kier molecular flexibility index (Phi) is 4.53. The SMILES string of the molecule is CN1CCc2c(sc3c2C(=O)N[C@H](c2ccc(-c4cc([N+](=O)[O-])ccc4Cl)o2)N3)C1. The Bertz CT molecular complexity index is 1190. The predicted molar refractivity (Wildman–Crippen MR) is 114 cm³/mol. The van der Waals surface area contributed by atoms with Gasteiger partial charge in [0.05, 0.1) is 15.5 Å². The minimum Gasteiger partial charge on any atom is -0.457 e. The van der Waals surface area contributed by atoms with Gasteiger partial charge in [-0.05, 0) is 37.2 Å². The monoisotopic (exact) mass is 444 g/mol. The fourth-order valence-electron chi connectivity index (χ4n) is 3.85. The highest BCUT2D eigenvalue weighted by Gasteiger charge is 2.34. The Balaban J connectivity index is 1.45. The maximum Gasteiger partial charge on any atom is 0.270 e. The molecule has 0 aliphatic carbocycles. The lowest BCUT2D eigenvalue weighted by molar-refractivity contribution is -0.384. The number of anilines is 1. The number of hydrogen-bond donors (Lipinski definition) is 2. The van der Waals surface area contributed by atoms with Crippen LogP contribution < -0.4 is 10.6 Å². The Hall–Kier alpha value is -2.88. The summed E-state index contributed by atoms with van der Waals surface area (Å²) in [5.41, 5.74) is 2.21. The van der Waals surface area contributed by atoms with E-state index in [9.17, 15) is 14.9 Å². The first-order valence-corrected chi connectivity index (χ1v) is 10.5. The van der Waals surface area contributed by atoms with Crippen LogP contribution in [0.2, 0.25) is 5.02 Å².